The molecule has 1 aromatic heterocycles. The molecule has 0 unspecified atom stereocenters. The summed E-state index contributed by atoms with van der Waals surface area (Å²) >= 11 is 12.3. The molecule has 4 rings (SSSR count). The second-order valence-corrected chi connectivity index (χ2v) is 9.18. The third kappa shape index (κ3) is 3.36. The topological polar surface area (TPSA) is 49.9 Å². The SMILES string of the molecule is CS(=O)(=O)c1ccc(-c2[nH]c3ccccc3c2-c2ccc(Cl)c(Cl)c2)cc1. The van der Waals surface area contributed by atoms with Gasteiger partial charge in [-0.25, -0.2) is 8.42 Å². The molecular formula is C21H15Cl2NO2S. The number of sulfone groups is 1. The lowest BCUT2D eigenvalue weighted by Crippen LogP contribution is -1.96. The Balaban J connectivity index is 1.97. The molecule has 4 aromatic rings. The van der Waals surface area contributed by atoms with Crippen molar-refractivity contribution in [3.05, 3.63) is 76.8 Å². The van der Waals surface area contributed by atoms with Gasteiger partial charge in [-0.1, -0.05) is 59.6 Å². The van der Waals surface area contributed by atoms with E-state index in [0.29, 0.717) is 14.9 Å². The number of nitrogens with one attached hydrogen (secondary N) is 1. The number of aromatic amines is 1. The van der Waals surface area contributed by atoms with Gasteiger partial charge >= 0.3 is 0 Å². The predicted molar refractivity (Wildman–Crippen MR) is 112 cm³/mol. The van der Waals surface area contributed by atoms with E-state index in [1.165, 1.54) is 6.26 Å². The second-order valence-electron chi connectivity index (χ2n) is 6.35. The third-order valence-corrected chi connectivity index (χ3v) is 6.35. The molecule has 0 saturated carbocycles. The summed E-state index contributed by atoms with van der Waals surface area (Å²) < 4.78 is 23.5. The molecule has 0 spiro atoms. The van der Waals surface area contributed by atoms with Gasteiger partial charge < -0.3 is 4.98 Å². The summed E-state index contributed by atoms with van der Waals surface area (Å²) in [6.07, 6.45) is 1.20. The van der Waals surface area contributed by atoms with Crippen molar-refractivity contribution in [2.75, 3.05) is 6.26 Å². The highest BCUT2D eigenvalue weighted by Crippen LogP contribution is 2.40. The average Bonchev–Trinajstić information content (AvgIpc) is 3.03. The van der Waals surface area contributed by atoms with Crippen molar-refractivity contribution in [3.8, 4) is 22.4 Å². The van der Waals surface area contributed by atoms with Crippen LogP contribution in [0.1, 0.15) is 0 Å². The zero-order chi connectivity index (χ0) is 19.2. The van der Waals surface area contributed by atoms with Crippen LogP contribution in [0.15, 0.2) is 71.6 Å². The van der Waals surface area contributed by atoms with Crippen LogP contribution >= 0.6 is 23.2 Å². The summed E-state index contributed by atoms with van der Waals surface area (Å²) in [5.74, 6) is 0. The molecule has 1 heterocycles. The van der Waals surface area contributed by atoms with Crippen LogP contribution in [0.2, 0.25) is 10.0 Å². The van der Waals surface area contributed by atoms with Crippen LogP contribution in [0, 0.1) is 0 Å². The molecule has 3 nitrogen and oxygen atoms in total. The van der Waals surface area contributed by atoms with Gasteiger partial charge in [0.2, 0.25) is 0 Å². The van der Waals surface area contributed by atoms with Crippen LogP contribution in [0.4, 0.5) is 0 Å². The Morgan fingerprint density at radius 1 is 0.815 bits per heavy atom. The zero-order valence-electron chi connectivity index (χ0n) is 14.3. The Hall–Kier alpha value is -2.27. The number of H-pyrrole nitrogens is 1. The van der Waals surface area contributed by atoms with E-state index >= 15 is 0 Å². The van der Waals surface area contributed by atoms with Crippen LogP contribution in [0.25, 0.3) is 33.3 Å². The molecule has 0 aliphatic carbocycles. The summed E-state index contributed by atoms with van der Waals surface area (Å²) in [6, 6.07) is 20.4. The molecule has 0 aliphatic heterocycles. The number of halogens is 2. The van der Waals surface area contributed by atoms with Crippen LogP contribution in [-0.4, -0.2) is 19.7 Å². The van der Waals surface area contributed by atoms with Crippen LogP contribution in [0.3, 0.4) is 0 Å². The smallest absolute Gasteiger partial charge is 0.175 e. The predicted octanol–water partition coefficient (Wildman–Crippen LogP) is 6.21. The quantitative estimate of drug-likeness (QED) is 0.432. The highest BCUT2D eigenvalue weighted by atomic mass is 35.5. The first kappa shape index (κ1) is 18.1. The largest absolute Gasteiger partial charge is 0.354 e. The fraction of sp³-hybridized carbons (Fsp3) is 0.0476. The summed E-state index contributed by atoms with van der Waals surface area (Å²) in [5, 5.41) is 2.04. The summed E-state index contributed by atoms with van der Waals surface area (Å²) in [5.41, 5.74) is 4.70. The number of benzene rings is 3. The van der Waals surface area contributed by atoms with Gasteiger partial charge in [-0.15, -0.1) is 0 Å². The van der Waals surface area contributed by atoms with E-state index in [0.717, 1.165) is 33.3 Å². The monoisotopic (exact) mass is 415 g/mol. The highest BCUT2D eigenvalue weighted by molar-refractivity contribution is 7.90. The lowest BCUT2D eigenvalue weighted by Gasteiger charge is -2.08. The van der Waals surface area contributed by atoms with Gasteiger partial charge in [0.1, 0.15) is 0 Å². The van der Waals surface area contributed by atoms with Gasteiger partial charge in [0.15, 0.2) is 9.84 Å². The van der Waals surface area contributed by atoms with Crippen molar-refractivity contribution in [2.45, 2.75) is 4.90 Å². The molecular weight excluding hydrogens is 401 g/mol. The molecule has 0 radical (unpaired) electrons. The minimum atomic E-state index is -3.24. The third-order valence-electron chi connectivity index (χ3n) is 4.49. The van der Waals surface area contributed by atoms with Crippen molar-refractivity contribution in [2.24, 2.45) is 0 Å². The lowest BCUT2D eigenvalue weighted by atomic mass is 9.98. The molecule has 27 heavy (non-hydrogen) atoms. The Bertz CT molecular complexity index is 1260. The summed E-state index contributed by atoms with van der Waals surface area (Å²) in [6.45, 7) is 0. The van der Waals surface area contributed by atoms with E-state index in [1.807, 2.05) is 48.5 Å². The molecule has 6 heteroatoms. The molecule has 0 fully saturated rings. The maximum Gasteiger partial charge on any atom is 0.175 e. The van der Waals surface area contributed by atoms with Crippen LogP contribution in [0.5, 0.6) is 0 Å². The first-order valence-corrected chi connectivity index (χ1v) is 10.9. The molecule has 0 aliphatic rings. The highest BCUT2D eigenvalue weighted by Gasteiger charge is 2.16. The summed E-state index contributed by atoms with van der Waals surface area (Å²) in [4.78, 5) is 3.74. The van der Waals surface area contributed by atoms with Gasteiger partial charge in [-0.2, -0.15) is 0 Å². The average molecular weight is 416 g/mol. The van der Waals surface area contributed by atoms with Gasteiger partial charge in [-0.3, -0.25) is 0 Å². The lowest BCUT2D eigenvalue weighted by molar-refractivity contribution is 0.602. The molecule has 3 aromatic carbocycles. The van der Waals surface area contributed by atoms with Gasteiger partial charge in [-0.05, 0) is 41.5 Å². The summed E-state index contributed by atoms with van der Waals surface area (Å²) in [7, 11) is -3.24. The fourth-order valence-corrected chi connectivity index (χ4v) is 4.11. The van der Waals surface area contributed by atoms with E-state index in [4.69, 9.17) is 23.2 Å². The van der Waals surface area contributed by atoms with E-state index in [2.05, 4.69) is 4.98 Å². The molecule has 0 amide bonds. The minimum absolute atomic E-state index is 0.290. The number of hydrogen-bond donors (Lipinski definition) is 1. The van der Waals surface area contributed by atoms with Crippen LogP contribution < -0.4 is 0 Å². The van der Waals surface area contributed by atoms with Crippen molar-refractivity contribution in [1.29, 1.82) is 0 Å². The Labute approximate surface area is 167 Å². The van der Waals surface area contributed by atoms with Gasteiger partial charge in [0.25, 0.3) is 0 Å². The minimum Gasteiger partial charge on any atom is -0.354 e. The van der Waals surface area contributed by atoms with E-state index in [9.17, 15) is 8.42 Å². The van der Waals surface area contributed by atoms with Gasteiger partial charge in [0.05, 0.1) is 20.6 Å². The molecule has 0 atom stereocenters. The van der Waals surface area contributed by atoms with Crippen molar-refractivity contribution < 1.29 is 8.42 Å². The van der Waals surface area contributed by atoms with Crippen molar-refractivity contribution in [3.63, 3.8) is 0 Å². The zero-order valence-corrected chi connectivity index (χ0v) is 16.7. The number of rotatable bonds is 3. The van der Waals surface area contributed by atoms with Crippen molar-refractivity contribution in [1.82, 2.24) is 4.98 Å². The Morgan fingerprint density at radius 2 is 1.48 bits per heavy atom. The van der Waals surface area contributed by atoms with E-state index < -0.39 is 9.84 Å². The maximum absolute atomic E-state index is 11.7. The molecule has 136 valence electrons. The second kappa shape index (κ2) is 6.71. The fourth-order valence-electron chi connectivity index (χ4n) is 3.18. The number of hydrogen-bond acceptors (Lipinski definition) is 2. The van der Waals surface area contributed by atoms with Gasteiger partial charge in [0, 0.05) is 22.7 Å². The van der Waals surface area contributed by atoms with E-state index in [1.54, 1.807) is 18.2 Å². The first-order chi connectivity index (χ1) is 12.8. The number of fused-ring (bicyclic) bond motifs is 1. The number of aromatic nitrogens is 1. The first-order valence-electron chi connectivity index (χ1n) is 8.21. The van der Waals surface area contributed by atoms with Crippen molar-refractivity contribution >= 4 is 43.9 Å². The molecule has 1 N–H and O–H groups in total. The standard InChI is InChI=1S/C21H15Cl2NO2S/c1-27(25,26)15-9-6-13(7-10-15)21-20(14-8-11-17(22)18(23)12-14)16-4-2-3-5-19(16)24-21/h2-12,24H,1H3. The molecule has 0 saturated heterocycles. The Morgan fingerprint density at radius 3 is 2.15 bits per heavy atom. The molecule has 0 bridgehead atoms. The normalized spacial score (nSPS) is 11.8. The Kier molecular flexibility index (Phi) is 4.50. The number of para-hydroxylation sites is 1. The van der Waals surface area contributed by atoms with E-state index in [-0.39, 0.29) is 0 Å². The van der Waals surface area contributed by atoms with Crippen LogP contribution in [-0.2, 0) is 9.84 Å². The maximum atomic E-state index is 11.7.